The molecule has 0 saturated carbocycles. The van der Waals surface area contributed by atoms with Crippen LogP contribution in [-0.2, 0) is 19.4 Å². The number of aromatic nitrogens is 3. The van der Waals surface area contributed by atoms with E-state index in [0.717, 1.165) is 76.9 Å². The van der Waals surface area contributed by atoms with Gasteiger partial charge in [0, 0.05) is 51.6 Å². The number of likely N-dealkylation sites (tertiary alicyclic amines) is 1. The van der Waals surface area contributed by atoms with Gasteiger partial charge in [-0.05, 0) is 45.7 Å². The van der Waals surface area contributed by atoms with Crippen molar-refractivity contribution in [2.45, 2.75) is 78.3 Å². The molecule has 0 spiro atoms. The minimum atomic E-state index is 0. The minimum absolute atomic E-state index is 0. The summed E-state index contributed by atoms with van der Waals surface area (Å²) in [6.45, 7) is 14.0. The van der Waals surface area contributed by atoms with Gasteiger partial charge in [-0.25, -0.2) is 0 Å². The van der Waals surface area contributed by atoms with Crippen molar-refractivity contribution in [3.63, 3.8) is 0 Å². The van der Waals surface area contributed by atoms with E-state index < -0.39 is 0 Å². The van der Waals surface area contributed by atoms with Crippen molar-refractivity contribution in [1.82, 2.24) is 29.9 Å². The molecule has 1 aromatic heterocycles. The van der Waals surface area contributed by atoms with Crippen LogP contribution in [0.25, 0.3) is 0 Å². The van der Waals surface area contributed by atoms with Crippen molar-refractivity contribution in [3.05, 3.63) is 11.6 Å². The third-order valence-electron chi connectivity index (χ3n) is 6.13. The van der Waals surface area contributed by atoms with Crippen molar-refractivity contribution in [2.24, 2.45) is 4.99 Å². The first kappa shape index (κ1) is 24.4. The highest BCUT2D eigenvalue weighted by Crippen LogP contribution is 2.17. The van der Waals surface area contributed by atoms with E-state index in [9.17, 15) is 0 Å². The number of guanidine groups is 1. The first-order valence-corrected chi connectivity index (χ1v) is 11.4. The van der Waals surface area contributed by atoms with Gasteiger partial charge in [0.2, 0.25) is 0 Å². The SMILES string of the molecule is CCNC(=NCCCc1nnc2n1CCCCC2)N1CCC(N(CC)CC)C1.I. The second kappa shape index (κ2) is 12.7. The number of halogens is 1. The van der Waals surface area contributed by atoms with Crippen LogP contribution in [0.1, 0.15) is 64.5 Å². The Morgan fingerprint density at radius 2 is 1.97 bits per heavy atom. The summed E-state index contributed by atoms with van der Waals surface area (Å²) in [5.74, 6) is 3.42. The van der Waals surface area contributed by atoms with E-state index >= 15 is 0 Å². The summed E-state index contributed by atoms with van der Waals surface area (Å²) in [5, 5.41) is 12.4. The van der Waals surface area contributed by atoms with E-state index in [4.69, 9.17) is 4.99 Å². The number of aliphatic imine (C=N–C) groups is 1. The van der Waals surface area contributed by atoms with Crippen molar-refractivity contribution < 1.29 is 0 Å². The zero-order valence-corrected chi connectivity index (χ0v) is 20.9. The highest BCUT2D eigenvalue weighted by atomic mass is 127. The Hall–Kier alpha value is -0.900. The van der Waals surface area contributed by atoms with Crippen LogP contribution in [0.2, 0.25) is 0 Å². The number of aryl methyl sites for hydroxylation is 2. The molecule has 1 fully saturated rings. The summed E-state index contributed by atoms with van der Waals surface area (Å²) in [5.41, 5.74) is 0. The summed E-state index contributed by atoms with van der Waals surface area (Å²) in [7, 11) is 0. The molecule has 29 heavy (non-hydrogen) atoms. The molecule has 166 valence electrons. The lowest BCUT2D eigenvalue weighted by molar-refractivity contribution is 0.223. The lowest BCUT2D eigenvalue weighted by atomic mass is 10.2. The first-order valence-electron chi connectivity index (χ1n) is 11.4. The smallest absolute Gasteiger partial charge is 0.193 e. The summed E-state index contributed by atoms with van der Waals surface area (Å²) in [4.78, 5) is 9.94. The van der Waals surface area contributed by atoms with Crippen LogP contribution in [0.5, 0.6) is 0 Å². The number of nitrogens with zero attached hydrogens (tertiary/aromatic N) is 6. The van der Waals surface area contributed by atoms with Crippen LogP contribution in [0.15, 0.2) is 4.99 Å². The molecule has 1 N–H and O–H groups in total. The molecule has 8 heteroatoms. The van der Waals surface area contributed by atoms with Crippen LogP contribution < -0.4 is 5.32 Å². The average molecular weight is 518 g/mol. The van der Waals surface area contributed by atoms with Gasteiger partial charge in [0.1, 0.15) is 11.6 Å². The monoisotopic (exact) mass is 517 g/mol. The molecule has 0 aliphatic carbocycles. The van der Waals surface area contributed by atoms with Crippen LogP contribution in [0, 0.1) is 0 Å². The Kier molecular flexibility index (Phi) is 10.7. The average Bonchev–Trinajstić information content (AvgIpc) is 3.27. The topological polar surface area (TPSA) is 61.6 Å². The molecule has 3 heterocycles. The van der Waals surface area contributed by atoms with E-state index in [1.807, 2.05) is 0 Å². The third kappa shape index (κ3) is 6.54. The van der Waals surface area contributed by atoms with Crippen LogP contribution in [-0.4, -0.2) is 75.8 Å². The normalized spacial score (nSPS) is 19.8. The molecule has 1 unspecified atom stereocenters. The van der Waals surface area contributed by atoms with Gasteiger partial charge < -0.3 is 14.8 Å². The number of fused-ring (bicyclic) bond motifs is 1. The molecule has 1 atom stereocenters. The Morgan fingerprint density at radius 1 is 1.14 bits per heavy atom. The lowest BCUT2D eigenvalue weighted by Gasteiger charge is -2.27. The van der Waals surface area contributed by atoms with Crippen molar-refractivity contribution >= 4 is 29.9 Å². The van der Waals surface area contributed by atoms with Gasteiger partial charge in [0.25, 0.3) is 0 Å². The van der Waals surface area contributed by atoms with Crippen molar-refractivity contribution in [1.29, 1.82) is 0 Å². The Morgan fingerprint density at radius 3 is 2.72 bits per heavy atom. The van der Waals surface area contributed by atoms with Gasteiger partial charge in [0.15, 0.2) is 5.96 Å². The highest BCUT2D eigenvalue weighted by molar-refractivity contribution is 14.0. The van der Waals surface area contributed by atoms with Gasteiger partial charge in [0.05, 0.1) is 0 Å². The van der Waals surface area contributed by atoms with E-state index in [1.54, 1.807) is 0 Å². The number of rotatable bonds is 8. The molecule has 0 radical (unpaired) electrons. The third-order valence-corrected chi connectivity index (χ3v) is 6.13. The summed E-state index contributed by atoms with van der Waals surface area (Å²) >= 11 is 0. The minimum Gasteiger partial charge on any atom is -0.357 e. The molecule has 0 bridgehead atoms. The number of hydrogen-bond donors (Lipinski definition) is 1. The lowest BCUT2D eigenvalue weighted by Crippen LogP contribution is -2.43. The van der Waals surface area contributed by atoms with E-state index in [-0.39, 0.29) is 24.0 Å². The molecule has 0 amide bonds. The Balaban J connectivity index is 0.00000300. The van der Waals surface area contributed by atoms with Gasteiger partial charge in [-0.3, -0.25) is 9.89 Å². The Bertz CT molecular complexity index is 627. The molecule has 2 aliphatic rings. The highest BCUT2D eigenvalue weighted by Gasteiger charge is 2.27. The molecule has 2 aliphatic heterocycles. The second-order valence-corrected chi connectivity index (χ2v) is 7.94. The van der Waals surface area contributed by atoms with Gasteiger partial charge >= 0.3 is 0 Å². The predicted molar refractivity (Wildman–Crippen MR) is 130 cm³/mol. The maximum atomic E-state index is 4.93. The van der Waals surface area contributed by atoms with Crippen molar-refractivity contribution in [2.75, 3.05) is 39.3 Å². The fraction of sp³-hybridized carbons (Fsp3) is 0.857. The zero-order valence-electron chi connectivity index (χ0n) is 18.6. The van der Waals surface area contributed by atoms with Gasteiger partial charge in [-0.15, -0.1) is 34.2 Å². The quantitative estimate of drug-likeness (QED) is 0.249. The van der Waals surface area contributed by atoms with Crippen molar-refractivity contribution in [3.8, 4) is 0 Å². The summed E-state index contributed by atoms with van der Waals surface area (Å²) in [6.07, 6.45) is 8.13. The second-order valence-electron chi connectivity index (χ2n) is 7.94. The molecule has 7 nitrogen and oxygen atoms in total. The fourth-order valence-electron chi connectivity index (χ4n) is 4.55. The molecule has 3 rings (SSSR count). The largest absolute Gasteiger partial charge is 0.357 e. The number of likely N-dealkylation sites (N-methyl/N-ethyl adjacent to an activating group) is 1. The van der Waals surface area contributed by atoms with E-state index in [1.165, 1.54) is 31.5 Å². The molecule has 1 saturated heterocycles. The maximum Gasteiger partial charge on any atom is 0.193 e. The molecular formula is C21H40IN7. The summed E-state index contributed by atoms with van der Waals surface area (Å²) in [6, 6.07) is 0.658. The molecular weight excluding hydrogens is 477 g/mol. The first-order chi connectivity index (χ1) is 13.8. The van der Waals surface area contributed by atoms with Crippen LogP contribution >= 0.6 is 24.0 Å². The van der Waals surface area contributed by atoms with Crippen LogP contribution in [0.3, 0.4) is 0 Å². The Labute approximate surface area is 193 Å². The number of nitrogens with one attached hydrogen (secondary N) is 1. The van der Waals surface area contributed by atoms with E-state index in [2.05, 4.69) is 50.7 Å². The molecule has 1 aromatic rings. The van der Waals surface area contributed by atoms with E-state index in [0.29, 0.717) is 6.04 Å². The predicted octanol–water partition coefficient (Wildman–Crippen LogP) is 2.94. The summed E-state index contributed by atoms with van der Waals surface area (Å²) < 4.78 is 2.36. The van der Waals surface area contributed by atoms with Crippen LogP contribution in [0.4, 0.5) is 0 Å². The maximum absolute atomic E-state index is 4.93. The fourth-order valence-corrected chi connectivity index (χ4v) is 4.55. The van der Waals surface area contributed by atoms with Gasteiger partial charge in [-0.1, -0.05) is 20.3 Å². The standard InChI is InChI=1S/C21H39N7.HI/c1-4-22-21(27-16-13-18(17-27)26(5-2)6-3)23-14-10-12-20-25-24-19-11-8-7-9-15-28(19)20;/h18H,4-17H2,1-3H3,(H,22,23);1H. The zero-order chi connectivity index (χ0) is 19.8. The molecule has 0 aromatic carbocycles. The van der Waals surface area contributed by atoms with Gasteiger partial charge in [-0.2, -0.15) is 0 Å². The number of hydrogen-bond acceptors (Lipinski definition) is 4.